The zero-order chi connectivity index (χ0) is 33.5. The Hall–Kier alpha value is -5.65. The van der Waals surface area contributed by atoms with E-state index >= 15 is 0 Å². The van der Waals surface area contributed by atoms with Gasteiger partial charge in [0, 0.05) is 12.0 Å². The van der Waals surface area contributed by atoms with E-state index in [4.69, 9.17) is 4.18 Å². The van der Waals surface area contributed by atoms with Gasteiger partial charge in [-0.05, 0) is 103 Å². The highest BCUT2D eigenvalue weighted by molar-refractivity contribution is 7.88. The summed E-state index contributed by atoms with van der Waals surface area (Å²) < 4.78 is 69.5. The number of hydrogen-bond donors (Lipinski definition) is 0. The van der Waals surface area contributed by atoms with Crippen molar-refractivity contribution in [3.8, 4) is 22.9 Å². The summed E-state index contributed by atoms with van der Waals surface area (Å²) in [6.45, 7) is 0. The summed E-state index contributed by atoms with van der Waals surface area (Å²) in [5, 5.41) is 15.7. The fourth-order valence-corrected chi connectivity index (χ4v) is 6.73. The molecule has 236 valence electrons. The molecule has 0 spiro atoms. The van der Waals surface area contributed by atoms with Crippen molar-refractivity contribution in [3.05, 3.63) is 161 Å². The zero-order valence-electron chi connectivity index (χ0n) is 25.3. The van der Waals surface area contributed by atoms with Crippen molar-refractivity contribution in [2.45, 2.75) is 18.3 Å². The molecule has 0 aromatic heterocycles. The molecule has 0 radical (unpaired) electrons. The summed E-state index contributed by atoms with van der Waals surface area (Å²) in [5.41, 5.74) is -0.699. The first-order valence-electron chi connectivity index (χ1n) is 15.1. The van der Waals surface area contributed by atoms with E-state index in [2.05, 4.69) is 48.5 Å². The number of alkyl halides is 3. The van der Waals surface area contributed by atoms with E-state index in [-0.39, 0.29) is 18.6 Å². The third-order valence-electron chi connectivity index (χ3n) is 8.52. The molecule has 0 N–H and O–H groups in total. The molecule has 0 aliphatic rings. The highest BCUT2D eigenvalue weighted by atomic mass is 32.2. The largest absolute Gasteiger partial charge is 0.534 e. The van der Waals surface area contributed by atoms with E-state index in [0.717, 1.165) is 54.6 Å². The molecule has 0 aliphatic heterocycles. The van der Waals surface area contributed by atoms with Gasteiger partial charge < -0.3 is 4.18 Å². The van der Waals surface area contributed by atoms with Crippen molar-refractivity contribution >= 4 is 42.4 Å². The maximum absolute atomic E-state index is 13.5. The molecule has 7 aromatic carbocycles. The highest BCUT2D eigenvalue weighted by Gasteiger charge is 2.48. The maximum atomic E-state index is 13.5. The Labute approximate surface area is 275 Å². The molecule has 0 fully saturated rings. The Morgan fingerprint density at radius 2 is 1.29 bits per heavy atom. The maximum Gasteiger partial charge on any atom is 0.534 e. The van der Waals surface area contributed by atoms with Gasteiger partial charge in [-0.2, -0.15) is 26.9 Å². The molecule has 0 unspecified atom stereocenters. The molecule has 0 saturated heterocycles. The number of fused-ring (bicyclic) bond motifs is 3. The standard InChI is InChI=1S/C40H26F3NO3S/c41-40(42,43)48(45,46)47-38-14-6-11-31(19-26-15-17-27(25-44)18-16-26)36(38)21-28-7-5-12-33(20-28)39-35-13-4-3-10-32(35)23-34-22-29-8-1-2-9-30(29)24-37(34)39/h1-18,20,22-24H,19,21H2. The average Bonchev–Trinajstić information content (AvgIpc) is 3.07. The fourth-order valence-electron chi connectivity index (χ4n) is 6.25. The van der Waals surface area contributed by atoms with Crippen molar-refractivity contribution in [1.82, 2.24) is 0 Å². The Bertz CT molecular complexity index is 2500. The number of benzene rings is 7. The van der Waals surface area contributed by atoms with Crippen LogP contribution in [0.5, 0.6) is 5.75 Å². The fraction of sp³-hybridized carbons (Fsp3) is 0.0750. The van der Waals surface area contributed by atoms with E-state index in [9.17, 15) is 26.9 Å². The van der Waals surface area contributed by atoms with Gasteiger partial charge in [0.25, 0.3) is 0 Å². The Morgan fingerprint density at radius 1 is 0.625 bits per heavy atom. The molecular weight excluding hydrogens is 632 g/mol. The van der Waals surface area contributed by atoms with E-state index in [1.165, 1.54) is 12.1 Å². The van der Waals surface area contributed by atoms with Gasteiger partial charge in [0.15, 0.2) is 0 Å². The Kier molecular flexibility index (Phi) is 7.86. The van der Waals surface area contributed by atoms with Crippen molar-refractivity contribution in [3.63, 3.8) is 0 Å². The van der Waals surface area contributed by atoms with Crippen LogP contribution in [0, 0.1) is 11.3 Å². The lowest BCUT2D eigenvalue weighted by Crippen LogP contribution is -2.28. The second-order valence-corrected chi connectivity index (χ2v) is 13.2. The van der Waals surface area contributed by atoms with Gasteiger partial charge in [-0.1, -0.05) is 97.1 Å². The highest BCUT2D eigenvalue weighted by Crippen LogP contribution is 2.39. The first-order chi connectivity index (χ1) is 23.1. The SMILES string of the molecule is N#Cc1ccc(Cc2cccc(OS(=O)(=O)C(F)(F)F)c2Cc2cccc(-c3c4ccccc4cc4cc5ccccc5cc34)c2)cc1. The number of rotatable bonds is 7. The summed E-state index contributed by atoms with van der Waals surface area (Å²) in [5.74, 6) is -0.383. The van der Waals surface area contributed by atoms with Gasteiger partial charge in [0.1, 0.15) is 5.75 Å². The van der Waals surface area contributed by atoms with Crippen LogP contribution in [0.4, 0.5) is 13.2 Å². The predicted molar refractivity (Wildman–Crippen MR) is 183 cm³/mol. The zero-order valence-corrected chi connectivity index (χ0v) is 26.1. The number of halogens is 3. The van der Waals surface area contributed by atoms with Crippen molar-refractivity contribution < 1.29 is 25.8 Å². The lowest BCUT2D eigenvalue weighted by Gasteiger charge is -2.18. The van der Waals surface area contributed by atoms with Crippen LogP contribution < -0.4 is 4.18 Å². The normalized spacial score (nSPS) is 12.0. The predicted octanol–water partition coefficient (Wildman–Crippen LogP) is 10.1. The van der Waals surface area contributed by atoms with E-state index in [1.54, 1.807) is 30.3 Å². The van der Waals surface area contributed by atoms with E-state index in [0.29, 0.717) is 16.7 Å². The van der Waals surface area contributed by atoms with Gasteiger partial charge in [-0.25, -0.2) is 0 Å². The minimum atomic E-state index is -5.92. The van der Waals surface area contributed by atoms with Crippen LogP contribution in [0.3, 0.4) is 0 Å². The van der Waals surface area contributed by atoms with Crippen LogP contribution >= 0.6 is 0 Å². The number of hydrogen-bond acceptors (Lipinski definition) is 4. The molecular formula is C40H26F3NO3S. The Morgan fingerprint density at radius 3 is 2.02 bits per heavy atom. The second kappa shape index (κ2) is 12.2. The summed E-state index contributed by atoms with van der Waals surface area (Å²) in [6, 6.07) is 44.0. The summed E-state index contributed by atoms with van der Waals surface area (Å²) >= 11 is 0. The molecule has 7 aromatic rings. The quantitative estimate of drug-likeness (QED) is 0.0972. The molecule has 48 heavy (non-hydrogen) atoms. The van der Waals surface area contributed by atoms with Crippen LogP contribution in [0.1, 0.15) is 27.8 Å². The minimum Gasteiger partial charge on any atom is -0.376 e. The van der Waals surface area contributed by atoms with E-state index in [1.807, 2.05) is 48.5 Å². The summed E-state index contributed by atoms with van der Waals surface area (Å²) in [4.78, 5) is 0. The minimum absolute atomic E-state index is 0.106. The van der Waals surface area contributed by atoms with Gasteiger partial charge in [0.2, 0.25) is 0 Å². The van der Waals surface area contributed by atoms with Gasteiger partial charge in [-0.15, -0.1) is 0 Å². The third kappa shape index (κ3) is 5.96. The first kappa shape index (κ1) is 31.0. The average molecular weight is 658 g/mol. The van der Waals surface area contributed by atoms with Gasteiger partial charge in [0.05, 0.1) is 11.6 Å². The molecule has 7 rings (SSSR count). The summed E-state index contributed by atoms with van der Waals surface area (Å²) in [7, 11) is -5.92. The van der Waals surface area contributed by atoms with Crippen LogP contribution in [-0.2, 0) is 23.0 Å². The summed E-state index contributed by atoms with van der Waals surface area (Å²) in [6.07, 6.45) is 0.389. The molecule has 0 atom stereocenters. The lowest BCUT2D eigenvalue weighted by molar-refractivity contribution is -0.0500. The molecule has 0 amide bonds. The van der Waals surface area contributed by atoms with Crippen LogP contribution in [0.25, 0.3) is 43.4 Å². The van der Waals surface area contributed by atoms with Gasteiger partial charge in [-0.3, -0.25) is 0 Å². The molecule has 4 nitrogen and oxygen atoms in total. The van der Waals surface area contributed by atoms with E-state index < -0.39 is 15.6 Å². The lowest BCUT2D eigenvalue weighted by atomic mass is 9.89. The van der Waals surface area contributed by atoms with Crippen molar-refractivity contribution in [1.29, 1.82) is 5.26 Å². The van der Waals surface area contributed by atoms with Crippen LogP contribution in [-0.4, -0.2) is 13.9 Å². The van der Waals surface area contributed by atoms with Crippen LogP contribution in [0.2, 0.25) is 0 Å². The Balaban J connectivity index is 1.37. The molecule has 0 bridgehead atoms. The molecule has 0 saturated carbocycles. The smallest absolute Gasteiger partial charge is 0.376 e. The van der Waals surface area contributed by atoms with Crippen molar-refractivity contribution in [2.24, 2.45) is 0 Å². The molecule has 8 heteroatoms. The molecule has 0 heterocycles. The topological polar surface area (TPSA) is 67.2 Å². The third-order valence-corrected chi connectivity index (χ3v) is 9.48. The molecule has 0 aliphatic carbocycles. The number of nitriles is 1. The monoisotopic (exact) mass is 657 g/mol. The van der Waals surface area contributed by atoms with Crippen LogP contribution in [0.15, 0.2) is 133 Å². The second-order valence-electron chi connectivity index (χ2n) is 11.6. The number of nitrogens with zero attached hydrogens (tertiary/aromatic N) is 1. The van der Waals surface area contributed by atoms with Crippen molar-refractivity contribution in [2.75, 3.05) is 0 Å². The van der Waals surface area contributed by atoms with Gasteiger partial charge >= 0.3 is 15.6 Å². The first-order valence-corrected chi connectivity index (χ1v) is 16.5.